The highest BCUT2D eigenvalue weighted by Crippen LogP contribution is 2.36. The van der Waals surface area contributed by atoms with Crippen molar-refractivity contribution in [3.05, 3.63) is 33.7 Å². The van der Waals surface area contributed by atoms with Crippen LogP contribution in [0.4, 0.5) is 0 Å². The highest BCUT2D eigenvalue weighted by atomic mass is 32.2. The summed E-state index contributed by atoms with van der Waals surface area (Å²) in [4.78, 5) is 16.0. The summed E-state index contributed by atoms with van der Waals surface area (Å²) in [5.74, 6) is 0. The van der Waals surface area contributed by atoms with Gasteiger partial charge in [-0.05, 0) is 71.3 Å². The summed E-state index contributed by atoms with van der Waals surface area (Å²) in [5.41, 5.74) is 0.653. The fourth-order valence-electron chi connectivity index (χ4n) is 4.40. The summed E-state index contributed by atoms with van der Waals surface area (Å²) in [6.45, 7) is 5.30. The number of nitrogens with one attached hydrogen (secondary N) is 1. The summed E-state index contributed by atoms with van der Waals surface area (Å²) < 4.78 is 32.0. The first-order valence-corrected chi connectivity index (χ1v) is 13.3. The van der Waals surface area contributed by atoms with Crippen molar-refractivity contribution in [1.29, 1.82) is 0 Å². The molecule has 1 aliphatic heterocycles. The Morgan fingerprint density at radius 3 is 2.66 bits per heavy atom. The number of imidazole rings is 1. The van der Waals surface area contributed by atoms with E-state index in [1.54, 1.807) is 22.8 Å². The largest absolute Gasteiger partial charge is 0.335 e. The van der Waals surface area contributed by atoms with Crippen LogP contribution in [0.2, 0.25) is 0 Å². The number of aromatic nitrogens is 4. The lowest BCUT2D eigenvalue weighted by Gasteiger charge is -2.32. The molecule has 172 valence electrons. The molecule has 32 heavy (non-hydrogen) atoms. The van der Waals surface area contributed by atoms with Gasteiger partial charge in [-0.25, -0.2) is 22.5 Å². The summed E-state index contributed by atoms with van der Waals surface area (Å²) in [5, 5.41) is 9.43. The van der Waals surface area contributed by atoms with Crippen molar-refractivity contribution in [1.82, 2.24) is 29.0 Å². The Balaban J connectivity index is 1.64. The van der Waals surface area contributed by atoms with Gasteiger partial charge in [0.1, 0.15) is 5.01 Å². The van der Waals surface area contributed by atoms with E-state index < -0.39 is 10.0 Å². The van der Waals surface area contributed by atoms with Crippen molar-refractivity contribution < 1.29 is 8.42 Å². The van der Waals surface area contributed by atoms with Crippen molar-refractivity contribution in [3.8, 4) is 5.13 Å². The molecule has 1 N–H and O–H groups in total. The Hall–Kier alpha value is -2.08. The van der Waals surface area contributed by atoms with Crippen molar-refractivity contribution in [2.24, 2.45) is 0 Å². The first-order chi connectivity index (χ1) is 15.2. The van der Waals surface area contributed by atoms with Crippen LogP contribution in [0.5, 0.6) is 0 Å². The van der Waals surface area contributed by atoms with Crippen LogP contribution < -0.4 is 10.4 Å². The molecule has 0 radical (unpaired) electrons. The Labute approximate surface area is 191 Å². The summed E-state index contributed by atoms with van der Waals surface area (Å²) in [6.07, 6.45) is 5.00. The number of hydrogen-bond donors (Lipinski definition) is 1. The number of aryl methyl sites for hydroxylation is 1. The highest BCUT2D eigenvalue weighted by Gasteiger charge is 2.41. The van der Waals surface area contributed by atoms with E-state index in [0.717, 1.165) is 37.2 Å². The third-order valence-electron chi connectivity index (χ3n) is 6.61. The number of likely N-dealkylation sites (N-methyl/N-ethyl adjacent to an activating group) is 1. The molecule has 1 saturated carbocycles. The van der Waals surface area contributed by atoms with E-state index in [9.17, 15) is 13.2 Å². The molecule has 0 spiro atoms. The first-order valence-electron chi connectivity index (χ1n) is 11.0. The normalized spacial score (nSPS) is 21.3. The van der Waals surface area contributed by atoms with Gasteiger partial charge in [0.15, 0.2) is 0 Å². The van der Waals surface area contributed by atoms with Gasteiger partial charge in [0.05, 0.1) is 15.9 Å². The van der Waals surface area contributed by atoms with Crippen LogP contribution in [0.1, 0.15) is 44.0 Å². The van der Waals surface area contributed by atoms with Crippen molar-refractivity contribution in [2.75, 3.05) is 13.6 Å². The Morgan fingerprint density at radius 2 is 2.00 bits per heavy atom. The molecule has 1 aliphatic carbocycles. The quantitative estimate of drug-likeness (QED) is 0.586. The number of piperidine rings is 1. The number of nitrogens with zero attached hydrogens (tertiary/aromatic N) is 5. The van der Waals surface area contributed by atoms with Crippen LogP contribution in [0, 0.1) is 6.92 Å². The van der Waals surface area contributed by atoms with Crippen LogP contribution in [0.15, 0.2) is 27.9 Å². The molecule has 1 atom stereocenters. The van der Waals surface area contributed by atoms with Gasteiger partial charge in [-0.3, -0.25) is 4.57 Å². The molecule has 2 aliphatic rings. The van der Waals surface area contributed by atoms with Crippen LogP contribution >= 0.6 is 11.3 Å². The fourth-order valence-corrected chi connectivity index (χ4v) is 6.58. The third-order valence-corrected chi connectivity index (χ3v) is 9.07. The predicted molar refractivity (Wildman–Crippen MR) is 124 cm³/mol. The van der Waals surface area contributed by atoms with Crippen molar-refractivity contribution >= 4 is 32.4 Å². The van der Waals surface area contributed by atoms with Crippen LogP contribution in [-0.4, -0.2) is 57.8 Å². The first kappa shape index (κ1) is 21.7. The molecule has 5 rings (SSSR count). The van der Waals surface area contributed by atoms with Gasteiger partial charge >= 0.3 is 5.69 Å². The standard InChI is InChI=1S/C21H28N6O3S2/c1-14-22-23-19(31-14)27-18-12-16(32(29,30)24-21(2)9-10-21)7-8-17(18)26(20(27)28)13-15-6-4-5-11-25(15)3/h7-8,12,15,24H,4-6,9-11,13H2,1-3H3. The van der Waals surface area contributed by atoms with Gasteiger partial charge < -0.3 is 4.90 Å². The molecule has 11 heteroatoms. The van der Waals surface area contributed by atoms with Crippen molar-refractivity contribution in [3.63, 3.8) is 0 Å². The molecule has 3 heterocycles. The minimum Gasteiger partial charge on any atom is -0.302 e. The molecule has 0 bridgehead atoms. The van der Waals surface area contributed by atoms with Gasteiger partial charge in [-0.15, -0.1) is 10.2 Å². The highest BCUT2D eigenvalue weighted by molar-refractivity contribution is 7.89. The van der Waals surface area contributed by atoms with E-state index in [4.69, 9.17) is 0 Å². The zero-order valence-corrected chi connectivity index (χ0v) is 20.2. The maximum Gasteiger partial charge on any atom is 0.335 e. The zero-order valence-electron chi connectivity index (χ0n) is 18.5. The van der Waals surface area contributed by atoms with Gasteiger partial charge in [-0.2, -0.15) is 0 Å². The van der Waals surface area contributed by atoms with Crippen molar-refractivity contribution in [2.45, 2.75) is 69.0 Å². The second-order valence-electron chi connectivity index (χ2n) is 9.28. The van der Waals surface area contributed by atoms with Gasteiger partial charge in [0.25, 0.3) is 0 Å². The zero-order chi connectivity index (χ0) is 22.7. The lowest BCUT2D eigenvalue weighted by atomic mass is 10.0. The minimum atomic E-state index is -3.70. The number of fused-ring (bicyclic) bond motifs is 1. The lowest BCUT2D eigenvalue weighted by Crippen LogP contribution is -2.41. The van der Waals surface area contributed by atoms with Gasteiger partial charge in [0.2, 0.25) is 15.2 Å². The van der Waals surface area contributed by atoms with Crippen LogP contribution in [-0.2, 0) is 16.6 Å². The smallest absolute Gasteiger partial charge is 0.302 e. The second kappa shape index (κ2) is 7.75. The van der Waals surface area contributed by atoms with E-state index in [0.29, 0.717) is 22.7 Å². The molecular weight excluding hydrogens is 448 g/mol. The maximum atomic E-state index is 13.6. The average molecular weight is 477 g/mol. The molecule has 1 saturated heterocycles. The summed E-state index contributed by atoms with van der Waals surface area (Å²) in [7, 11) is -1.60. The SMILES string of the molecule is Cc1nnc(-n2c(=O)n(CC3CCCCN3C)c3ccc(S(=O)(=O)NC4(C)CC4)cc32)s1. The summed E-state index contributed by atoms with van der Waals surface area (Å²) in [6, 6.07) is 5.18. The molecule has 1 aromatic carbocycles. The third kappa shape index (κ3) is 3.91. The average Bonchev–Trinajstić information content (AvgIpc) is 3.18. The predicted octanol–water partition coefficient (Wildman–Crippen LogP) is 2.27. The van der Waals surface area contributed by atoms with Crippen LogP contribution in [0.25, 0.3) is 16.2 Å². The number of sulfonamides is 1. The lowest BCUT2D eigenvalue weighted by molar-refractivity contribution is 0.167. The summed E-state index contributed by atoms with van der Waals surface area (Å²) >= 11 is 1.32. The van der Waals surface area contributed by atoms with Gasteiger partial charge in [0, 0.05) is 18.1 Å². The van der Waals surface area contributed by atoms with E-state index in [1.807, 2.05) is 13.8 Å². The number of likely N-dealkylation sites (tertiary alicyclic amines) is 1. The van der Waals surface area contributed by atoms with E-state index >= 15 is 0 Å². The van der Waals surface area contributed by atoms with E-state index in [1.165, 1.54) is 22.3 Å². The van der Waals surface area contributed by atoms with Crippen LogP contribution in [0.3, 0.4) is 0 Å². The minimum absolute atomic E-state index is 0.153. The molecule has 0 amide bonds. The molecule has 1 unspecified atom stereocenters. The van der Waals surface area contributed by atoms with Gasteiger partial charge in [-0.1, -0.05) is 17.8 Å². The molecule has 2 fully saturated rings. The number of hydrogen-bond acceptors (Lipinski definition) is 7. The van der Waals surface area contributed by atoms with E-state index in [-0.39, 0.29) is 22.2 Å². The molecule has 2 aromatic heterocycles. The topological polar surface area (TPSA) is 102 Å². The maximum absolute atomic E-state index is 13.6. The monoisotopic (exact) mass is 476 g/mol. The molecule has 3 aromatic rings. The second-order valence-corrected chi connectivity index (χ2v) is 12.1. The Morgan fingerprint density at radius 1 is 1.22 bits per heavy atom. The van der Waals surface area contributed by atoms with E-state index in [2.05, 4.69) is 26.9 Å². The number of rotatable bonds is 6. The Kier molecular flexibility index (Phi) is 5.27. The number of benzene rings is 1. The molecular formula is C21H28N6O3S2. The molecule has 9 nitrogen and oxygen atoms in total. The Bertz CT molecular complexity index is 1340. The fraction of sp³-hybridized carbons (Fsp3) is 0.571.